The van der Waals surface area contributed by atoms with E-state index in [1.54, 1.807) is 0 Å². The average molecular weight is 363 g/mol. The number of carbonyl (C=O) groups excluding carboxylic acids is 1. The van der Waals surface area contributed by atoms with Gasteiger partial charge in [-0.25, -0.2) is 0 Å². The first-order chi connectivity index (χ1) is 12.3. The molecular formula is C19H30N4OS. The maximum Gasteiger partial charge on any atom is 0.274 e. The summed E-state index contributed by atoms with van der Waals surface area (Å²) in [5.74, 6) is 2.26. The molecule has 2 fully saturated rings. The van der Waals surface area contributed by atoms with E-state index in [4.69, 9.17) is 5.10 Å². The summed E-state index contributed by atoms with van der Waals surface area (Å²) in [5, 5.41) is 8.61. The van der Waals surface area contributed by atoms with Gasteiger partial charge in [-0.2, -0.15) is 16.9 Å². The summed E-state index contributed by atoms with van der Waals surface area (Å²) in [4.78, 5) is 15.1. The number of fused-ring (bicyclic) bond motifs is 1. The molecule has 0 radical (unpaired) electrons. The van der Waals surface area contributed by atoms with Gasteiger partial charge in [0, 0.05) is 54.5 Å². The van der Waals surface area contributed by atoms with Crippen molar-refractivity contribution in [3.63, 3.8) is 0 Å². The van der Waals surface area contributed by atoms with Crippen LogP contribution in [0.3, 0.4) is 0 Å². The van der Waals surface area contributed by atoms with Crippen molar-refractivity contribution in [3.8, 4) is 0 Å². The predicted octanol–water partition coefficient (Wildman–Crippen LogP) is 2.48. The molecule has 1 amide bonds. The van der Waals surface area contributed by atoms with Gasteiger partial charge in [-0.15, -0.1) is 0 Å². The van der Waals surface area contributed by atoms with E-state index in [2.05, 4.69) is 16.9 Å². The Labute approximate surface area is 154 Å². The molecule has 6 heteroatoms. The fourth-order valence-corrected chi connectivity index (χ4v) is 5.51. The van der Waals surface area contributed by atoms with E-state index >= 15 is 0 Å². The second-order valence-corrected chi connectivity index (χ2v) is 8.81. The summed E-state index contributed by atoms with van der Waals surface area (Å²) in [7, 11) is 0. The molecule has 2 aliphatic carbocycles. The Kier molecular flexibility index (Phi) is 5.36. The Balaban J connectivity index is 1.54. The quantitative estimate of drug-likeness (QED) is 0.894. The van der Waals surface area contributed by atoms with E-state index in [-0.39, 0.29) is 5.91 Å². The van der Waals surface area contributed by atoms with E-state index in [0.29, 0.717) is 12.1 Å². The highest BCUT2D eigenvalue weighted by molar-refractivity contribution is 7.99. The molecule has 1 saturated heterocycles. The van der Waals surface area contributed by atoms with Crippen LogP contribution < -0.4 is 5.32 Å². The first-order valence-corrected chi connectivity index (χ1v) is 11.1. The van der Waals surface area contributed by atoms with E-state index in [1.807, 2.05) is 16.7 Å². The molecule has 0 unspecified atom stereocenters. The Morgan fingerprint density at radius 1 is 1.20 bits per heavy atom. The summed E-state index contributed by atoms with van der Waals surface area (Å²) in [5.41, 5.74) is 3.27. The number of rotatable bonds is 4. The molecule has 5 nitrogen and oxygen atoms in total. The standard InChI is InChI=1S/C19H30N4OS/c1-2-23-17-8-7-15(20-14-5-3-4-6-14)13-16(17)18(21-23)19(24)22-9-11-25-12-10-22/h14-15,20H,2-13H2,1H3/t15-/m0/s1. The lowest BCUT2D eigenvalue weighted by atomic mass is 9.90. The Hall–Kier alpha value is -1.01. The van der Waals surface area contributed by atoms with Gasteiger partial charge in [0.25, 0.3) is 5.91 Å². The van der Waals surface area contributed by atoms with E-state index in [1.165, 1.54) is 43.4 Å². The normalized spacial score (nSPS) is 24.5. The molecule has 1 N–H and O–H groups in total. The molecule has 0 spiro atoms. The van der Waals surface area contributed by atoms with Gasteiger partial charge in [-0.3, -0.25) is 9.48 Å². The van der Waals surface area contributed by atoms with Crippen molar-refractivity contribution in [1.82, 2.24) is 20.0 Å². The number of nitrogens with zero attached hydrogens (tertiary/aromatic N) is 3. The molecule has 3 aliphatic rings. The monoisotopic (exact) mass is 362 g/mol. The van der Waals surface area contributed by atoms with Gasteiger partial charge in [-0.1, -0.05) is 12.8 Å². The zero-order valence-corrected chi connectivity index (χ0v) is 16.1. The molecule has 0 bridgehead atoms. The highest BCUT2D eigenvalue weighted by Crippen LogP contribution is 2.28. The second kappa shape index (κ2) is 7.70. The van der Waals surface area contributed by atoms with Crippen molar-refractivity contribution >= 4 is 17.7 Å². The Morgan fingerprint density at radius 3 is 2.68 bits per heavy atom. The van der Waals surface area contributed by atoms with Crippen LogP contribution >= 0.6 is 11.8 Å². The fourth-order valence-electron chi connectivity index (χ4n) is 4.61. The maximum atomic E-state index is 13.1. The maximum absolute atomic E-state index is 13.1. The summed E-state index contributed by atoms with van der Waals surface area (Å²) in [6.07, 6.45) is 8.53. The number of amides is 1. The summed E-state index contributed by atoms with van der Waals surface area (Å²) in [6.45, 7) is 4.70. The molecular weight excluding hydrogens is 332 g/mol. The van der Waals surface area contributed by atoms with Crippen molar-refractivity contribution < 1.29 is 4.79 Å². The van der Waals surface area contributed by atoms with Gasteiger partial charge < -0.3 is 10.2 Å². The number of thioether (sulfide) groups is 1. The van der Waals surface area contributed by atoms with Gasteiger partial charge in [0.2, 0.25) is 0 Å². The molecule has 1 aromatic heterocycles. The third kappa shape index (κ3) is 3.61. The lowest BCUT2D eigenvalue weighted by Gasteiger charge is -2.29. The highest BCUT2D eigenvalue weighted by atomic mass is 32.2. The summed E-state index contributed by atoms with van der Waals surface area (Å²) in [6, 6.07) is 1.19. The fraction of sp³-hybridized carbons (Fsp3) is 0.789. The topological polar surface area (TPSA) is 50.2 Å². The Morgan fingerprint density at radius 2 is 1.96 bits per heavy atom. The number of aryl methyl sites for hydroxylation is 1. The van der Waals surface area contributed by atoms with Gasteiger partial charge in [0.1, 0.15) is 0 Å². The highest BCUT2D eigenvalue weighted by Gasteiger charge is 2.32. The molecule has 1 aromatic rings. The van der Waals surface area contributed by atoms with Crippen LogP contribution in [0.2, 0.25) is 0 Å². The van der Waals surface area contributed by atoms with Gasteiger partial charge in [0.05, 0.1) is 0 Å². The third-order valence-electron chi connectivity index (χ3n) is 5.97. The first kappa shape index (κ1) is 17.4. The van der Waals surface area contributed by atoms with Crippen LogP contribution in [0.15, 0.2) is 0 Å². The zero-order valence-electron chi connectivity index (χ0n) is 15.3. The molecule has 1 atom stereocenters. The number of hydrogen-bond acceptors (Lipinski definition) is 4. The van der Waals surface area contributed by atoms with Crippen LogP contribution in [0.25, 0.3) is 0 Å². The SMILES string of the molecule is CCn1nc(C(=O)N2CCSCC2)c2c1CC[C@H](NC1CCCC1)C2. The molecule has 4 rings (SSSR count). The predicted molar refractivity (Wildman–Crippen MR) is 102 cm³/mol. The van der Waals surface area contributed by atoms with Crippen LogP contribution in [0, 0.1) is 0 Å². The third-order valence-corrected chi connectivity index (χ3v) is 6.92. The lowest BCUT2D eigenvalue weighted by molar-refractivity contribution is 0.0764. The van der Waals surface area contributed by atoms with Gasteiger partial charge in [0.15, 0.2) is 5.69 Å². The van der Waals surface area contributed by atoms with E-state index < -0.39 is 0 Å². The van der Waals surface area contributed by atoms with Crippen molar-refractivity contribution in [2.45, 2.75) is 70.5 Å². The van der Waals surface area contributed by atoms with Crippen LogP contribution in [-0.2, 0) is 19.4 Å². The van der Waals surface area contributed by atoms with Gasteiger partial charge in [-0.05, 0) is 39.0 Å². The number of carbonyl (C=O) groups is 1. The molecule has 0 aromatic carbocycles. The smallest absolute Gasteiger partial charge is 0.274 e. The average Bonchev–Trinajstić information content (AvgIpc) is 3.29. The lowest BCUT2D eigenvalue weighted by Crippen LogP contribution is -2.41. The molecule has 2 heterocycles. The molecule has 1 saturated carbocycles. The largest absolute Gasteiger partial charge is 0.336 e. The minimum absolute atomic E-state index is 0.158. The van der Waals surface area contributed by atoms with E-state index in [9.17, 15) is 4.79 Å². The Bertz CT molecular complexity index is 617. The van der Waals surface area contributed by atoms with Gasteiger partial charge >= 0.3 is 0 Å². The van der Waals surface area contributed by atoms with Crippen LogP contribution in [0.4, 0.5) is 0 Å². The zero-order chi connectivity index (χ0) is 17.2. The van der Waals surface area contributed by atoms with Crippen molar-refractivity contribution in [2.24, 2.45) is 0 Å². The van der Waals surface area contributed by atoms with Crippen LogP contribution in [-0.4, -0.2) is 57.3 Å². The van der Waals surface area contributed by atoms with Crippen molar-refractivity contribution in [2.75, 3.05) is 24.6 Å². The van der Waals surface area contributed by atoms with Crippen LogP contribution in [0.5, 0.6) is 0 Å². The molecule has 25 heavy (non-hydrogen) atoms. The van der Waals surface area contributed by atoms with Crippen LogP contribution in [0.1, 0.15) is 60.8 Å². The molecule has 1 aliphatic heterocycles. The number of hydrogen-bond donors (Lipinski definition) is 1. The minimum atomic E-state index is 0.158. The number of aromatic nitrogens is 2. The van der Waals surface area contributed by atoms with E-state index in [0.717, 1.165) is 49.7 Å². The molecule has 138 valence electrons. The minimum Gasteiger partial charge on any atom is -0.336 e. The van der Waals surface area contributed by atoms with Crippen molar-refractivity contribution in [3.05, 3.63) is 17.0 Å². The summed E-state index contributed by atoms with van der Waals surface area (Å²) < 4.78 is 2.08. The first-order valence-electron chi connectivity index (χ1n) is 9.98. The number of nitrogens with one attached hydrogen (secondary N) is 1. The summed E-state index contributed by atoms with van der Waals surface area (Å²) >= 11 is 1.94. The second-order valence-electron chi connectivity index (χ2n) is 7.58. The van der Waals surface area contributed by atoms with Crippen molar-refractivity contribution in [1.29, 1.82) is 0 Å².